The van der Waals surface area contributed by atoms with Gasteiger partial charge in [-0.25, -0.2) is 9.59 Å². The molecule has 0 aliphatic carbocycles. The van der Waals surface area contributed by atoms with Crippen LogP contribution in [0, 0.1) is 0 Å². The minimum atomic E-state index is -0.424. The van der Waals surface area contributed by atoms with Gasteiger partial charge in [-0.3, -0.25) is 0 Å². The van der Waals surface area contributed by atoms with E-state index < -0.39 is 11.6 Å². The van der Waals surface area contributed by atoms with Crippen LogP contribution in [0.25, 0.3) is 11.0 Å². The van der Waals surface area contributed by atoms with Crippen molar-refractivity contribution < 1.29 is 13.9 Å². The molecule has 3 rings (SSSR count). The van der Waals surface area contributed by atoms with Gasteiger partial charge in [0.05, 0.1) is 18.4 Å². The third kappa shape index (κ3) is 2.69. The number of benzene rings is 2. The predicted molar refractivity (Wildman–Crippen MR) is 83.5 cm³/mol. The van der Waals surface area contributed by atoms with Gasteiger partial charge < -0.3 is 14.5 Å². The largest absolute Gasteiger partial charge is 0.465 e. The first-order valence-electron chi connectivity index (χ1n) is 6.65. The molecule has 2 aromatic carbocycles. The molecule has 3 aromatic rings. The number of carbonyl (C=O) groups is 1. The van der Waals surface area contributed by atoms with Crippen molar-refractivity contribution in [2.45, 2.75) is 0 Å². The molecule has 0 radical (unpaired) electrons. The lowest BCUT2D eigenvalue weighted by Gasteiger charge is -2.09. The maximum atomic E-state index is 11.6. The van der Waals surface area contributed by atoms with E-state index in [2.05, 4.69) is 10.1 Å². The van der Waals surface area contributed by atoms with Gasteiger partial charge in [-0.15, -0.1) is 0 Å². The van der Waals surface area contributed by atoms with E-state index in [0.29, 0.717) is 16.8 Å². The molecular weight excluding hydrogens is 282 g/mol. The Morgan fingerprint density at radius 2 is 1.82 bits per heavy atom. The third-order valence-electron chi connectivity index (χ3n) is 3.23. The first-order valence-corrected chi connectivity index (χ1v) is 6.65. The zero-order valence-electron chi connectivity index (χ0n) is 11.8. The molecule has 0 saturated carbocycles. The van der Waals surface area contributed by atoms with E-state index in [9.17, 15) is 9.59 Å². The molecule has 0 atom stereocenters. The Hall–Kier alpha value is -3.08. The van der Waals surface area contributed by atoms with E-state index in [1.165, 1.54) is 13.2 Å². The Bertz CT molecular complexity index is 881. The van der Waals surface area contributed by atoms with Crippen molar-refractivity contribution in [3.05, 3.63) is 70.6 Å². The maximum Gasteiger partial charge on any atom is 0.338 e. The molecule has 1 heterocycles. The fourth-order valence-corrected chi connectivity index (χ4v) is 2.18. The maximum absolute atomic E-state index is 11.6. The Labute approximate surface area is 126 Å². The van der Waals surface area contributed by atoms with Crippen LogP contribution < -0.4 is 10.9 Å². The zero-order valence-corrected chi connectivity index (χ0v) is 11.8. The van der Waals surface area contributed by atoms with Crippen LogP contribution in [0.1, 0.15) is 10.4 Å². The highest BCUT2D eigenvalue weighted by molar-refractivity contribution is 5.92. The number of anilines is 2. The molecule has 1 aromatic heterocycles. The lowest BCUT2D eigenvalue weighted by molar-refractivity contribution is 0.0601. The molecule has 0 unspecified atom stereocenters. The molecule has 0 amide bonds. The van der Waals surface area contributed by atoms with Gasteiger partial charge in [0.15, 0.2) is 0 Å². The predicted octanol–water partition coefficient (Wildman–Crippen LogP) is 3.32. The number of fused-ring (bicyclic) bond motifs is 1. The highest BCUT2D eigenvalue weighted by Gasteiger charge is 2.07. The standard InChI is InChI=1S/C17H13NO4/c1-21-17(20)11-6-8-12(9-7-11)18-14-10-16(19)22-15-5-3-2-4-13(14)15/h2-10,18H,1H3. The van der Waals surface area contributed by atoms with E-state index >= 15 is 0 Å². The van der Waals surface area contributed by atoms with Crippen LogP contribution in [-0.4, -0.2) is 13.1 Å². The molecule has 0 bridgehead atoms. The van der Waals surface area contributed by atoms with Crippen molar-refractivity contribution in [3.63, 3.8) is 0 Å². The summed E-state index contributed by atoms with van der Waals surface area (Å²) in [5.41, 5.74) is 1.96. The molecule has 1 N–H and O–H groups in total. The molecule has 0 fully saturated rings. The lowest BCUT2D eigenvalue weighted by atomic mass is 10.1. The summed E-state index contributed by atoms with van der Waals surface area (Å²) in [5.74, 6) is -0.391. The van der Waals surface area contributed by atoms with E-state index in [1.807, 2.05) is 12.1 Å². The van der Waals surface area contributed by atoms with Crippen molar-refractivity contribution in [1.29, 1.82) is 0 Å². The van der Waals surface area contributed by atoms with Crippen LogP contribution in [-0.2, 0) is 4.74 Å². The van der Waals surface area contributed by atoms with Gasteiger partial charge in [-0.05, 0) is 36.4 Å². The summed E-state index contributed by atoms with van der Waals surface area (Å²) >= 11 is 0. The van der Waals surface area contributed by atoms with Crippen molar-refractivity contribution >= 4 is 28.3 Å². The quantitative estimate of drug-likeness (QED) is 0.593. The summed E-state index contributed by atoms with van der Waals surface area (Å²) in [6.45, 7) is 0. The van der Waals surface area contributed by atoms with Crippen molar-refractivity contribution in [2.24, 2.45) is 0 Å². The van der Waals surface area contributed by atoms with Crippen LogP contribution in [0.3, 0.4) is 0 Å². The Kier molecular flexibility index (Phi) is 3.62. The summed E-state index contributed by atoms with van der Waals surface area (Å²) in [4.78, 5) is 23.0. The molecule has 0 saturated heterocycles. The van der Waals surface area contributed by atoms with Crippen molar-refractivity contribution in [2.75, 3.05) is 12.4 Å². The number of rotatable bonds is 3. The number of hydrogen-bond donors (Lipinski definition) is 1. The number of methoxy groups -OCH3 is 1. The fraction of sp³-hybridized carbons (Fsp3) is 0.0588. The van der Waals surface area contributed by atoms with Gasteiger partial charge in [0, 0.05) is 17.1 Å². The number of ether oxygens (including phenoxy) is 1. The van der Waals surface area contributed by atoms with Crippen molar-refractivity contribution in [3.8, 4) is 0 Å². The number of nitrogens with one attached hydrogen (secondary N) is 1. The summed E-state index contributed by atoms with van der Waals surface area (Å²) in [6.07, 6.45) is 0. The summed E-state index contributed by atoms with van der Waals surface area (Å²) in [7, 11) is 1.34. The van der Waals surface area contributed by atoms with Crippen LogP contribution in [0.15, 0.2) is 63.8 Å². The highest BCUT2D eigenvalue weighted by atomic mass is 16.5. The molecule has 0 spiro atoms. The number of hydrogen-bond acceptors (Lipinski definition) is 5. The van der Waals surface area contributed by atoms with Gasteiger partial charge >= 0.3 is 11.6 Å². The smallest absolute Gasteiger partial charge is 0.338 e. The number of para-hydroxylation sites is 1. The Morgan fingerprint density at radius 3 is 2.55 bits per heavy atom. The molecule has 22 heavy (non-hydrogen) atoms. The van der Waals surface area contributed by atoms with Gasteiger partial charge in [0.1, 0.15) is 5.58 Å². The first kappa shape index (κ1) is 13.9. The summed E-state index contributed by atoms with van der Waals surface area (Å²) in [6, 6.07) is 15.5. The molecule has 110 valence electrons. The highest BCUT2D eigenvalue weighted by Crippen LogP contribution is 2.24. The second-order valence-corrected chi connectivity index (χ2v) is 4.67. The average molecular weight is 295 g/mol. The molecule has 5 heteroatoms. The van der Waals surface area contributed by atoms with Crippen LogP contribution >= 0.6 is 0 Å². The van der Waals surface area contributed by atoms with Crippen LogP contribution in [0.4, 0.5) is 11.4 Å². The summed E-state index contributed by atoms with van der Waals surface area (Å²) in [5, 5.41) is 3.96. The first-order chi connectivity index (χ1) is 10.7. The topological polar surface area (TPSA) is 68.5 Å². The Morgan fingerprint density at radius 1 is 1.09 bits per heavy atom. The second kappa shape index (κ2) is 5.73. The Balaban J connectivity index is 1.96. The van der Waals surface area contributed by atoms with Gasteiger partial charge in [0.25, 0.3) is 0 Å². The molecule has 0 aliphatic rings. The average Bonchev–Trinajstić information content (AvgIpc) is 2.54. The third-order valence-corrected chi connectivity index (χ3v) is 3.23. The van der Waals surface area contributed by atoms with Gasteiger partial charge in [-0.2, -0.15) is 0 Å². The monoisotopic (exact) mass is 295 g/mol. The van der Waals surface area contributed by atoms with Gasteiger partial charge in [-0.1, -0.05) is 12.1 Å². The normalized spacial score (nSPS) is 10.4. The summed E-state index contributed by atoms with van der Waals surface area (Å²) < 4.78 is 9.80. The van der Waals surface area contributed by atoms with E-state index in [4.69, 9.17) is 4.42 Å². The fourth-order valence-electron chi connectivity index (χ4n) is 2.18. The minimum Gasteiger partial charge on any atom is -0.465 e. The van der Waals surface area contributed by atoms with Crippen LogP contribution in [0.5, 0.6) is 0 Å². The van der Waals surface area contributed by atoms with E-state index in [-0.39, 0.29) is 0 Å². The molecule has 0 aliphatic heterocycles. The molecule has 5 nitrogen and oxygen atoms in total. The van der Waals surface area contributed by atoms with E-state index in [0.717, 1.165) is 11.1 Å². The SMILES string of the molecule is COC(=O)c1ccc(Nc2cc(=O)oc3ccccc23)cc1. The second-order valence-electron chi connectivity index (χ2n) is 4.67. The van der Waals surface area contributed by atoms with E-state index in [1.54, 1.807) is 36.4 Å². The van der Waals surface area contributed by atoms with Gasteiger partial charge in [0.2, 0.25) is 0 Å². The number of carbonyl (C=O) groups excluding carboxylic acids is 1. The van der Waals surface area contributed by atoms with Crippen LogP contribution in [0.2, 0.25) is 0 Å². The lowest BCUT2D eigenvalue weighted by Crippen LogP contribution is -2.02. The number of esters is 1. The van der Waals surface area contributed by atoms with Crippen molar-refractivity contribution in [1.82, 2.24) is 0 Å². The zero-order chi connectivity index (χ0) is 15.5. The minimum absolute atomic E-state index is 0.391. The molecular formula is C17H13NO4.